The quantitative estimate of drug-likeness (QED) is 0.248. The molecule has 1 saturated heterocycles. The number of piperidine rings is 1. The highest BCUT2D eigenvalue weighted by atomic mass is 19.1. The molecule has 49 heavy (non-hydrogen) atoms. The molecule has 2 aliphatic heterocycles. The Labute approximate surface area is 284 Å². The first-order valence-electron chi connectivity index (χ1n) is 17.4. The van der Waals surface area contributed by atoms with Crippen molar-refractivity contribution < 1.29 is 18.7 Å². The number of amides is 2. The number of nitrogens with two attached hydrogens (primary N) is 1. The Bertz CT molecular complexity index is 2120. The van der Waals surface area contributed by atoms with E-state index >= 15 is 0 Å². The molecule has 4 atom stereocenters. The van der Waals surface area contributed by atoms with E-state index in [1.165, 1.54) is 12.1 Å². The Morgan fingerprint density at radius 3 is 2.76 bits per heavy atom. The molecule has 3 N–H and O–H groups in total. The number of aromatic nitrogens is 4. The van der Waals surface area contributed by atoms with Gasteiger partial charge in [-0.3, -0.25) is 9.59 Å². The molecule has 3 aromatic heterocycles. The molecule has 5 aromatic rings. The van der Waals surface area contributed by atoms with E-state index in [-0.39, 0.29) is 23.9 Å². The number of nitrogens with zero attached hydrogens (tertiary/aromatic N) is 5. The smallest absolute Gasteiger partial charge is 0.254 e. The van der Waals surface area contributed by atoms with Gasteiger partial charge in [-0.05, 0) is 99.4 Å². The van der Waals surface area contributed by atoms with Gasteiger partial charge in [0.15, 0.2) is 5.82 Å². The number of benzene rings is 2. The molecule has 0 spiro atoms. The Morgan fingerprint density at radius 2 is 1.92 bits per heavy atom. The fourth-order valence-corrected chi connectivity index (χ4v) is 8.31. The van der Waals surface area contributed by atoms with Crippen LogP contribution in [0.25, 0.3) is 33.6 Å². The molecule has 2 amide bonds. The van der Waals surface area contributed by atoms with Crippen LogP contribution in [-0.2, 0) is 20.0 Å². The topological polar surface area (TPSA) is 120 Å². The number of likely N-dealkylation sites (tertiary alicyclic amines) is 1. The number of ether oxygens (including phenoxy) is 1. The van der Waals surface area contributed by atoms with Crippen molar-refractivity contribution in [1.29, 1.82) is 0 Å². The maximum atomic E-state index is 14.2. The van der Waals surface area contributed by atoms with E-state index in [2.05, 4.69) is 16.0 Å². The van der Waals surface area contributed by atoms with Crippen LogP contribution >= 0.6 is 0 Å². The molecule has 10 nitrogen and oxygen atoms in total. The molecule has 5 heterocycles. The lowest BCUT2D eigenvalue weighted by Gasteiger charge is -2.37. The molecule has 254 valence electrons. The summed E-state index contributed by atoms with van der Waals surface area (Å²) in [6, 6.07) is 14.1. The lowest BCUT2D eigenvalue weighted by molar-refractivity contribution is 0.0603. The summed E-state index contributed by atoms with van der Waals surface area (Å²) >= 11 is 0. The van der Waals surface area contributed by atoms with Crippen LogP contribution in [0.15, 0.2) is 48.5 Å². The zero-order valence-electron chi connectivity index (χ0n) is 28.2. The molecule has 2 fully saturated rings. The molecule has 2 aromatic carbocycles. The first kappa shape index (κ1) is 31.5. The highest BCUT2D eigenvalue weighted by molar-refractivity contribution is 6.00. The zero-order chi connectivity index (χ0) is 34.0. The van der Waals surface area contributed by atoms with Crippen molar-refractivity contribution in [2.75, 3.05) is 13.7 Å². The number of aryl methyl sites for hydroxylation is 3. The molecule has 11 heteroatoms. The van der Waals surface area contributed by atoms with E-state index in [4.69, 9.17) is 20.4 Å². The van der Waals surface area contributed by atoms with Crippen LogP contribution in [0.2, 0.25) is 0 Å². The normalized spacial score (nSPS) is 22.7. The van der Waals surface area contributed by atoms with Gasteiger partial charge in [-0.2, -0.15) is 0 Å². The molecule has 8 rings (SSSR count). The van der Waals surface area contributed by atoms with Crippen LogP contribution in [0.3, 0.4) is 0 Å². The molecule has 1 saturated carbocycles. The number of carbonyl (C=O) groups excluding carboxylic acids is 2. The fraction of sp³-hybridized carbons (Fsp3) is 0.421. The van der Waals surface area contributed by atoms with Crippen molar-refractivity contribution in [3.8, 4) is 17.3 Å². The third-order valence-corrected chi connectivity index (χ3v) is 11.0. The molecule has 0 unspecified atom stereocenters. The summed E-state index contributed by atoms with van der Waals surface area (Å²) in [4.78, 5) is 39.4. The van der Waals surface area contributed by atoms with Crippen LogP contribution in [0.4, 0.5) is 4.39 Å². The van der Waals surface area contributed by atoms with Gasteiger partial charge in [0.05, 0.1) is 30.1 Å². The van der Waals surface area contributed by atoms with Crippen LogP contribution in [0.1, 0.15) is 83.5 Å². The standard InChI is InChI=1S/C38H42FN7O3/c1-21-30-13-10-24-17-32(45(35(24)42-30)14-6-4-5-7-22-8-11-26(39)19-28(22)37(47)41-21)36-43-31-16-25(18-33(49-3)34(31)44(36)2)38(48)46-20-29(40)23-9-12-27(46)15-23/h8,10-11,13,16-19,21,23,27,29H,4-7,9,12,14-15,20,40H2,1-3H3,(H,41,47)/t21-,23-,27+,29+/m1/s1. The summed E-state index contributed by atoms with van der Waals surface area (Å²) in [7, 11) is 3.60. The average Bonchev–Trinajstić information content (AvgIpc) is 3.79. The monoisotopic (exact) mass is 663 g/mol. The minimum Gasteiger partial charge on any atom is -0.494 e. The third-order valence-electron chi connectivity index (χ3n) is 11.0. The van der Waals surface area contributed by atoms with E-state index in [9.17, 15) is 14.0 Å². The van der Waals surface area contributed by atoms with E-state index in [1.807, 2.05) is 47.7 Å². The van der Waals surface area contributed by atoms with Gasteiger partial charge in [-0.1, -0.05) is 12.5 Å². The number of fused-ring (bicyclic) bond motifs is 5. The number of hydrogen-bond donors (Lipinski definition) is 2. The maximum absolute atomic E-state index is 14.2. The summed E-state index contributed by atoms with van der Waals surface area (Å²) in [5, 5.41) is 4.00. The number of carbonyl (C=O) groups is 2. The predicted molar refractivity (Wildman–Crippen MR) is 186 cm³/mol. The van der Waals surface area contributed by atoms with Gasteiger partial charge >= 0.3 is 0 Å². The molecule has 1 aliphatic carbocycles. The van der Waals surface area contributed by atoms with Gasteiger partial charge < -0.3 is 29.8 Å². The summed E-state index contributed by atoms with van der Waals surface area (Å²) in [5.41, 5.74) is 12.2. The summed E-state index contributed by atoms with van der Waals surface area (Å²) in [6.45, 7) is 3.18. The zero-order valence-corrected chi connectivity index (χ0v) is 28.2. The first-order chi connectivity index (χ1) is 23.7. The maximum Gasteiger partial charge on any atom is 0.254 e. The second kappa shape index (κ2) is 12.3. The number of rotatable bonds is 3. The van der Waals surface area contributed by atoms with Gasteiger partial charge in [-0.15, -0.1) is 0 Å². The van der Waals surface area contributed by atoms with Crippen LogP contribution in [0, 0.1) is 11.7 Å². The Morgan fingerprint density at radius 1 is 1.06 bits per heavy atom. The number of hydrogen-bond acceptors (Lipinski definition) is 6. The first-order valence-corrected chi connectivity index (χ1v) is 17.4. The molecule has 4 bridgehead atoms. The Hall–Kier alpha value is -4.77. The third kappa shape index (κ3) is 5.44. The van der Waals surface area contributed by atoms with Gasteiger partial charge in [0.25, 0.3) is 11.8 Å². The number of pyridine rings is 1. The largest absolute Gasteiger partial charge is 0.494 e. The van der Waals surface area contributed by atoms with E-state index in [0.29, 0.717) is 53.5 Å². The molecular formula is C38H42FN7O3. The van der Waals surface area contributed by atoms with Crippen molar-refractivity contribution in [3.63, 3.8) is 0 Å². The van der Waals surface area contributed by atoms with Crippen molar-refractivity contribution in [2.24, 2.45) is 18.7 Å². The fourth-order valence-electron chi connectivity index (χ4n) is 8.31. The summed E-state index contributed by atoms with van der Waals surface area (Å²) < 4.78 is 24.3. The molecular weight excluding hydrogens is 621 g/mol. The van der Waals surface area contributed by atoms with Crippen molar-refractivity contribution in [3.05, 3.63) is 76.7 Å². The second-order valence-corrected chi connectivity index (χ2v) is 14.0. The van der Waals surface area contributed by atoms with Gasteiger partial charge in [0.1, 0.15) is 22.7 Å². The van der Waals surface area contributed by atoms with Crippen LogP contribution in [-0.4, -0.2) is 61.6 Å². The number of methoxy groups -OCH3 is 1. The molecule has 3 aliphatic rings. The minimum atomic E-state index is -0.423. The predicted octanol–water partition coefficient (Wildman–Crippen LogP) is 5.91. The van der Waals surface area contributed by atoms with Gasteiger partial charge in [0.2, 0.25) is 0 Å². The molecule has 0 radical (unpaired) electrons. The Balaban J connectivity index is 1.19. The summed E-state index contributed by atoms with van der Waals surface area (Å²) in [6.07, 6.45) is 6.39. The average molecular weight is 664 g/mol. The lowest BCUT2D eigenvalue weighted by Crippen LogP contribution is -2.51. The van der Waals surface area contributed by atoms with Crippen LogP contribution in [0.5, 0.6) is 5.75 Å². The number of nitrogens with one attached hydrogen (secondary N) is 1. The van der Waals surface area contributed by atoms with Gasteiger partial charge in [-0.25, -0.2) is 14.4 Å². The van der Waals surface area contributed by atoms with Gasteiger partial charge in [0, 0.05) is 48.7 Å². The number of halogens is 1. The van der Waals surface area contributed by atoms with E-state index in [0.717, 1.165) is 72.2 Å². The SMILES string of the molecule is COc1cc(C(=O)N2C[C@H](N)[C@@H]3CC[C@H]2C3)cc2nc(-c3cc4ccc5nc4n3CCCCCc3ccc(F)cc3C(=O)N[C@@H]5C)n(C)c12. The van der Waals surface area contributed by atoms with E-state index < -0.39 is 11.9 Å². The number of imidazole rings is 1. The van der Waals surface area contributed by atoms with Crippen molar-refractivity contribution in [2.45, 2.75) is 76.5 Å². The second-order valence-electron chi connectivity index (χ2n) is 14.0. The van der Waals surface area contributed by atoms with Crippen LogP contribution < -0.4 is 15.8 Å². The highest BCUT2D eigenvalue weighted by Crippen LogP contribution is 2.39. The van der Waals surface area contributed by atoms with Crippen molar-refractivity contribution in [1.82, 2.24) is 29.3 Å². The summed E-state index contributed by atoms with van der Waals surface area (Å²) in [5.74, 6) is 1.08. The van der Waals surface area contributed by atoms with E-state index in [1.54, 1.807) is 13.2 Å². The highest BCUT2D eigenvalue weighted by Gasteiger charge is 2.41. The minimum absolute atomic E-state index is 0.00768. The lowest BCUT2D eigenvalue weighted by atomic mass is 9.94. The van der Waals surface area contributed by atoms with Crippen molar-refractivity contribution >= 4 is 33.9 Å². The Kier molecular flexibility index (Phi) is 7.89.